The molecule has 2 aromatic rings. The number of aryl methyl sites for hydroxylation is 2. The molecule has 0 unspecified atom stereocenters. The van der Waals surface area contributed by atoms with Crippen LogP contribution in [-0.2, 0) is 11.2 Å². The van der Waals surface area contributed by atoms with Gasteiger partial charge in [0.25, 0.3) is 0 Å². The van der Waals surface area contributed by atoms with E-state index in [9.17, 15) is 0 Å². The molecule has 8 nitrogen and oxygen atoms in total. The fourth-order valence-electron chi connectivity index (χ4n) is 2.53. The van der Waals surface area contributed by atoms with Gasteiger partial charge < -0.3 is 9.47 Å². The molecule has 1 aromatic heterocycles. The van der Waals surface area contributed by atoms with E-state index in [2.05, 4.69) is 20.4 Å². The number of benzene rings is 1. The van der Waals surface area contributed by atoms with Gasteiger partial charge in [-0.3, -0.25) is 10.4 Å². The number of rotatable bonds is 8. The van der Waals surface area contributed by atoms with Crippen molar-refractivity contribution in [3.8, 4) is 11.4 Å². The van der Waals surface area contributed by atoms with Crippen LogP contribution < -0.4 is 4.74 Å². The number of hydrogen-bond acceptors (Lipinski definition) is 7. The zero-order valence-electron chi connectivity index (χ0n) is 15.8. The molecule has 26 heavy (non-hydrogen) atoms. The number of methoxy groups -OCH3 is 1. The maximum absolute atomic E-state index is 7.77. The smallest absolute Gasteiger partial charge is 0.189 e. The number of unbranched alkanes of at least 4 members (excludes halogenated alkanes) is 2. The van der Waals surface area contributed by atoms with Crippen molar-refractivity contribution in [2.45, 2.75) is 46.0 Å². The van der Waals surface area contributed by atoms with E-state index in [1.807, 2.05) is 25.1 Å². The Balaban J connectivity index is 1.87. The summed E-state index contributed by atoms with van der Waals surface area (Å²) in [4.78, 5) is 5.41. The van der Waals surface area contributed by atoms with E-state index in [-0.39, 0.29) is 5.90 Å². The van der Waals surface area contributed by atoms with Crippen LogP contribution in [-0.4, -0.2) is 46.2 Å². The summed E-state index contributed by atoms with van der Waals surface area (Å²) in [6, 6.07) is 5.88. The summed E-state index contributed by atoms with van der Waals surface area (Å²) in [7, 11) is 3.33. The van der Waals surface area contributed by atoms with Gasteiger partial charge in [0.05, 0.1) is 12.8 Å². The summed E-state index contributed by atoms with van der Waals surface area (Å²) in [6.07, 6.45) is 4.40. The van der Waals surface area contributed by atoms with Crippen LogP contribution in [0.15, 0.2) is 23.2 Å². The zero-order valence-corrected chi connectivity index (χ0v) is 15.8. The number of aromatic nitrogens is 4. The second kappa shape index (κ2) is 9.65. The van der Waals surface area contributed by atoms with Crippen molar-refractivity contribution in [1.82, 2.24) is 20.2 Å². The third-order valence-electron chi connectivity index (χ3n) is 3.94. The van der Waals surface area contributed by atoms with Crippen molar-refractivity contribution in [3.63, 3.8) is 0 Å². The average molecular weight is 358 g/mol. The van der Waals surface area contributed by atoms with Gasteiger partial charge in [-0.1, -0.05) is 6.42 Å². The molecule has 0 spiro atoms. The number of tetrazole rings is 1. The Bertz CT molecular complexity index is 769. The third-order valence-corrected chi connectivity index (χ3v) is 3.94. The normalized spacial score (nSPS) is 11.5. The quantitative estimate of drug-likeness (QED) is 0.444. The molecule has 0 fully saturated rings. The summed E-state index contributed by atoms with van der Waals surface area (Å²) in [6.45, 7) is 3.56. The highest BCUT2D eigenvalue weighted by molar-refractivity contribution is 5.88. The van der Waals surface area contributed by atoms with Crippen LogP contribution in [0.2, 0.25) is 0 Å². The van der Waals surface area contributed by atoms with Crippen molar-refractivity contribution >= 4 is 11.8 Å². The first kappa shape index (κ1) is 19.6. The SMILES string of the molecule is CN=C(C)OC(=N)CCCCCc1cc(-n2nnc(C)n2)ccc1OC. The van der Waals surface area contributed by atoms with E-state index in [1.165, 1.54) is 4.80 Å². The maximum Gasteiger partial charge on any atom is 0.189 e. The molecule has 0 bridgehead atoms. The Morgan fingerprint density at radius 2 is 2.08 bits per heavy atom. The van der Waals surface area contributed by atoms with E-state index < -0.39 is 0 Å². The van der Waals surface area contributed by atoms with Crippen molar-refractivity contribution in [2.24, 2.45) is 4.99 Å². The predicted molar refractivity (Wildman–Crippen MR) is 100 cm³/mol. The summed E-state index contributed by atoms with van der Waals surface area (Å²) in [5, 5.41) is 19.9. The Hall–Kier alpha value is -2.77. The molecule has 1 aromatic carbocycles. The fraction of sp³-hybridized carbons (Fsp3) is 0.500. The lowest BCUT2D eigenvalue weighted by Crippen LogP contribution is -2.08. The zero-order chi connectivity index (χ0) is 18.9. The molecule has 1 heterocycles. The predicted octanol–water partition coefficient (Wildman–Crippen LogP) is 3.12. The summed E-state index contributed by atoms with van der Waals surface area (Å²) in [5.41, 5.74) is 1.98. The minimum Gasteiger partial charge on any atom is -0.496 e. The van der Waals surface area contributed by atoms with Crippen molar-refractivity contribution < 1.29 is 9.47 Å². The lowest BCUT2D eigenvalue weighted by molar-refractivity contribution is 0.408. The van der Waals surface area contributed by atoms with E-state index in [1.54, 1.807) is 21.1 Å². The highest BCUT2D eigenvalue weighted by atomic mass is 16.5. The summed E-state index contributed by atoms with van der Waals surface area (Å²) in [5.74, 6) is 2.28. The largest absolute Gasteiger partial charge is 0.496 e. The molecule has 2 rings (SSSR count). The van der Waals surface area contributed by atoms with Crippen molar-refractivity contribution in [1.29, 1.82) is 5.41 Å². The summed E-state index contributed by atoms with van der Waals surface area (Å²) < 4.78 is 10.7. The van der Waals surface area contributed by atoms with Gasteiger partial charge in [0.15, 0.2) is 17.6 Å². The molecule has 140 valence electrons. The van der Waals surface area contributed by atoms with Crippen molar-refractivity contribution in [2.75, 3.05) is 14.2 Å². The van der Waals surface area contributed by atoms with Crippen LogP contribution in [0.25, 0.3) is 5.69 Å². The monoisotopic (exact) mass is 358 g/mol. The molecule has 8 heteroatoms. The molecular formula is C18H26N6O2. The number of nitrogens with one attached hydrogen (secondary N) is 1. The van der Waals surface area contributed by atoms with Gasteiger partial charge in [-0.05, 0) is 55.2 Å². The van der Waals surface area contributed by atoms with Gasteiger partial charge in [0, 0.05) is 20.4 Å². The standard InChI is InChI=1S/C18H26N6O2/c1-13-21-23-24(22-13)16-10-11-17(25-4)15(12-16)8-6-5-7-9-18(19)26-14(2)20-3/h10-12,19H,5-9H2,1-4H3. The molecule has 1 N–H and O–H groups in total. The Morgan fingerprint density at radius 3 is 2.73 bits per heavy atom. The first-order chi connectivity index (χ1) is 12.5. The minimum absolute atomic E-state index is 0.264. The second-order valence-electron chi connectivity index (χ2n) is 5.95. The Kier molecular flexibility index (Phi) is 7.25. The van der Waals surface area contributed by atoms with Gasteiger partial charge in [0.2, 0.25) is 0 Å². The number of aliphatic imine (C=N–C) groups is 1. The maximum atomic E-state index is 7.77. The Labute approximate surface area is 153 Å². The highest BCUT2D eigenvalue weighted by Crippen LogP contribution is 2.23. The lowest BCUT2D eigenvalue weighted by Gasteiger charge is -2.10. The number of hydrogen-bond donors (Lipinski definition) is 1. The molecular weight excluding hydrogens is 332 g/mol. The Morgan fingerprint density at radius 1 is 1.27 bits per heavy atom. The van der Waals surface area contributed by atoms with Crippen LogP contribution in [0.3, 0.4) is 0 Å². The van der Waals surface area contributed by atoms with E-state index in [0.29, 0.717) is 18.1 Å². The van der Waals surface area contributed by atoms with Gasteiger partial charge in [-0.25, -0.2) is 0 Å². The van der Waals surface area contributed by atoms with Gasteiger partial charge in [-0.15, -0.1) is 15.0 Å². The van der Waals surface area contributed by atoms with E-state index >= 15 is 0 Å². The molecule has 0 aliphatic carbocycles. The fourth-order valence-corrected chi connectivity index (χ4v) is 2.53. The van der Waals surface area contributed by atoms with Crippen LogP contribution in [0, 0.1) is 12.3 Å². The van der Waals surface area contributed by atoms with Crippen molar-refractivity contribution in [3.05, 3.63) is 29.6 Å². The number of ether oxygens (including phenoxy) is 2. The van der Waals surface area contributed by atoms with Gasteiger partial charge in [0.1, 0.15) is 5.75 Å². The summed E-state index contributed by atoms with van der Waals surface area (Å²) >= 11 is 0. The molecule has 0 saturated heterocycles. The van der Waals surface area contributed by atoms with Gasteiger partial charge >= 0.3 is 0 Å². The second-order valence-corrected chi connectivity index (χ2v) is 5.95. The minimum atomic E-state index is 0.264. The lowest BCUT2D eigenvalue weighted by atomic mass is 10.0. The molecule has 0 radical (unpaired) electrons. The molecule has 0 aliphatic rings. The molecule has 0 saturated carbocycles. The first-order valence-corrected chi connectivity index (χ1v) is 8.66. The van der Waals surface area contributed by atoms with E-state index in [0.717, 1.165) is 42.7 Å². The molecule has 0 amide bonds. The van der Waals surface area contributed by atoms with Crippen LogP contribution in [0.1, 0.15) is 44.0 Å². The highest BCUT2D eigenvalue weighted by Gasteiger charge is 2.08. The molecule has 0 aliphatic heterocycles. The topological polar surface area (TPSA) is 98.3 Å². The first-order valence-electron chi connectivity index (χ1n) is 8.66. The van der Waals surface area contributed by atoms with Crippen LogP contribution in [0.4, 0.5) is 0 Å². The number of nitrogens with zero attached hydrogens (tertiary/aromatic N) is 5. The van der Waals surface area contributed by atoms with Crippen LogP contribution in [0.5, 0.6) is 5.75 Å². The van der Waals surface area contributed by atoms with Crippen LogP contribution >= 0.6 is 0 Å². The third kappa shape index (κ3) is 5.65. The molecule has 0 atom stereocenters. The van der Waals surface area contributed by atoms with E-state index in [4.69, 9.17) is 14.9 Å². The van der Waals surface area contributed by atoms with Gasteiger partial charge in [-0.2, -0.15) is 0 Å². The average Bonchev–Trinajstić information content (AvgIpc) is 3.07.